The van der Waals surface area contributed by atoms with Gasteiger partial charge in [0.2, 0.25) is 5.16 Å². The van der Waals surface area contributed by atoms with Crippen LogP contribution in [0.3, 0.4) is 0 Å². The average molecular weight is 326 g/mol. The number of hydrogen-bond donors (Lipinski definition) is 0. The topological polar surface area (TPSA) is 43.1 Å². The number of thioether (sulfide) groups is 1. The first-order valence-electron chi connectivity index (χ1n) is 7.04. The second-order valence-corrected chi connectivity index (χ2v) is 7.14. The van der Waals surface area contributed by atoms with Gasteiger partial charge in [0.1, 0.15) is 0 Å². The van der Waals surface area contributed by atoms with Gasteiger partial charge in [0.15, 0.2) is 5.82 Å². The van der Waals surface area contributed by atoms with Gasteiger partial charge in [-0.3, -0.25) is 0 Å². The third-order valence-corrected chi connectivity index (χ3v) is 5.34. The van der Waals surface area contributed by atoms with Gasteiger partial charge in [-0.2, -0.15) is 9.78 Å². The van der Waals surface area contributed by atoms with Gasteiger partial charge < -0.3 is 0 Å². The molecule has 0 spiro atoms. The molecule has 1 aliphatic heterocycles. The van der Waals surface area contributed by atoms with Crippen molar-refractivity contribution < 1.29 is 0 Å². The van der Waals surface area contributed by atoms with Crippen LogP contribution in [0.4, 0.5) is 0 Å². The summed E-state index contributed by atoms with van der Waals surface area (Å²) in [4.78, 5) is 1.28. The van der Waals surface area contributed by atoms with Crippen LogP contribution >= 0.6 is 23.1 Å². The summed E-state index contributed by atoms with van der Waals surface area (Å²) in [6.45, 7) is 2.10. The highest BCUT2D eigenvalue weighted by Gasteiger charge is 2.20. The Labute approximate surface area is 136 Å². The molecule has 0 saturated heterocycles. The highest BCUT2D eigenvalue weighted by molar-refractivity contribution is 7.99. The van der Waals surface area contributed by atoms with Gasteiger partial charge in [0.05, 0.1) is 5.71 Å². The third kappa shape index (κ3) is 2.60. The van der Waals surface area contributed by atoms with Crippen molar-refractivity contribution in [1.82, 2.24) is 14.9 Å². The molecule has 1 aromatic carbocycles. The van der Waals surface area contributed by atoms with E-state index in [0.717, 1.165) is 28.9 Å². The van der Waals surface area contributed by atoms with E-state index in [1.165, 1.54) is 16.0 Å². The number of hydrogen-bond acceptors (Lipinski definition) is 5. The molecule has 6 heteroatoms. The summed E-state index contributed by atoms with van der Waals surface area (Å²) >= 11 is 3.43. The van der Waals surface area contributed by atoms with E-state index in [2.05, 4.69) is 58.9 Å². The molecule has 4 nitrogen and oxygen atoms in total. The maximum atomic E-state index is 4.78. The van der Waals surface area contributed by atoms with E-state index in [1.807, 2.05) is 4.68 Å². The molecule has 4 rings (SSSR count). The number of nitrogens with zero attached hydrogens (tertiary/aromatic N) is 4. The molecule has 0 radical (unpaired) electrons. The maximum Gasteiger partial charge on any atom is 0.212 e. The Hall–Kier alpha value is -1.92. The van der Waals surface area contributed by atoms with Gasteiger partial charge in [-0.1, -0.05) is 47.7 Å². The molecule has 0 amide bonds. The average Bonchev–Trinajstić information content (AvgIpc) is 3.18. The van der Waals surface area contributed by atoms with E-state index in [9.17, 15) is 0 Å². The second kappa shape index (κ2) is 5.70. The number of thiophene rings is 1. The molecule has 0 bridgehead atoms. The molecule has 110 valence electrons. The van der Waals surface area contributed by atoms with Crippen LogP contribution in [-0.4, -0.2) is 26.3 Å². The zero-order valence-electron chi connectivity index (χ0n) is 12.1. The number of aryl methyl sites for hydroxylation is 1. The highest BCUT2D eigenvalue weighted by atomic mass is 32.2. The van der Waals surface area contributed by atoms with Crippen LogP contribution in [0.1, 0.15) is 21.8 Å². The largest absolute Gasteiger partial charge is 0.212 e. The van der Waals surface area contributed by atoms with Crippen molar-refractivity contribution in [1.29, 1.82) is 0 Å². The van der Waals surface area contributed by atoms with Crippen molar-refractivity contribution >= 4 is 28.8 Å². The second-order valence-electron chi connectivity index (χ2n) is 5.17. The summed E-state index contributed by atoms with van der Waals surface area (Å²) in [7, 11) is 0. The van der Waals surface area contributed by atoms with E-state index in [0.29, 0.717) is 0 Å². The van der Waals surface area contributed by atoms with Gasteiger partial charge in [-0.15, -0.1) is 21.5 Å². The van der Waals surface area contributed by atoms with Gasteiger partial charge in [0.25, 0.3) is 0 Å². The fourth-order valence-electron chi connectivity index (χ4n) is 2.33. The molecule has 22 heavy (non-hydrogen) atoms. The van der Waals surface area contributed by atoms with E-state index >= 15 is 0 Å². The molecule has 0 aliphatic carbocycles. The van der Waals surface area contributed by atoms with Gasteiger partial charge in [0, 0.05) is 17.1 Å². The Balaban J connectivity index is 1.69. The van der Waals surface area contributed by atoms with Crippen molar-refractivity contribution in [2.45, 2.75) is 18.5 Å². The lowest BCUT2D eigenvalue weighted by Crippen LogP contribution is -2.14. The molecule has 3 aromatic rings. The zero-order valence-corrected chi connectivity index (χ0v) is 13.7. The van der Waals surface area contributed by atoms with E-state index in [-0.39, 0.29) is 0 Å². The third-order valence-electron chi connectivity index (χ3n) is 3.53. The van der Waals surface area contributed by atoms with Gasteiger partial charge >= 0.3 is 0 Å². The Kier molecular flexibility index (Phi) is 3.56. The van der Waals surface area contributed by atoms with Crippen molar-refractivity contribution in [3.63, 3.8) is 0 Å². The van der Waals surface area contributed by atoms with Crippen LogP contribution in [0.5, 0.6) is 0 Å². The SMILES string of the molecule is Cc1ccc(C2=Nn3c(Cc4cccs4)nnc3SC2)cc1. The van der Waals surface area contributed by atoms with Crippen LogP contribution in [0.15, 0.2) is 52.0 Å². The van der Waals surface area contributed by atoms with Crippen molar-refractivity contribution in [3.05, 3.63) is 63.6 Å². The fourth-order valence-corrected chi connectivity index (χ4v) is 3.89. The predicted octanol–water partition coefficient (Wildman–Crippen LogP) is 3.60. The van der Waals surface area contributed by atoms with Crippen LogP contribution in [0.2, 0.25) is 0 Å². The minimum absolute atomic E-state index is 0.774. The summed E-state index contributed by atoms with van der Waals surface area (Å²) in [5.74, 6) is 1.73. The Morgan fingerprint density at radius 1 is 1.14 bits per heavy atom. The Bertz CT molecular complexity index is 816. The predicted molar refractivity (Wildman–Crippen MR) is 91.0 cm³/mol. The summed E-state index contributed by atoms with van der Waals surface area (Å²) < 4.78 is 1.89. The van der Waals surface area contributed by atoms with Crippen molar-refractivity contribution in [2.75, 3.05) is 5.75 Å². The molecule has 0 N–H and O–H groups in total. The number of aromatic nitrogens is 3. The van der Waals surface area contributed by atoms with Gasteiger partial charge in [-0.25, -0.2) is 0 Å². The maximum absolute atomic E-state index is 4.78. The van der Waals surface area contributed by atoms with E-state index < -0.39 is 0 Å². The Morgan fingerprint density at radius 2 is 2.00 bits per heavy atom. The monoisotopic (exact) mass is 326 g/mol. The molecular weight excluding hydrogens is 312 g/mol. The molecular formula is C16H14N4S2. The fraction of sp³-hybridized carbons (Fsp3) is 0.188. The molecule has 2 aromatic heterocycles. The lowest BCUT2D eigenvalue weighted by molar-refractivity contribution is 0.722. The smallest absolute Gasteiger partial charge is 0.191 e. The quantitative estimate of drug-likeness (QED) is 0.738. The molecule has 0 saturated carbocycles. The molecule has 3 heterocycles. The highest BCUT2D eigenvalue weighted by Crippen LogP contribution is 2.25. The first-order chi connectivity index (χ1) is 10.8. The lowest BCUT2D eigenvalue weighted by Gasteiger charge is -2.13. The minimum atomic E-state index is 0.774. The first kappa shape index (κ1) is 13.7. The number of benzene rings is 1. The van der Waals surface area contributed by atoms with Crippen LogP contribution in [0, 0.1) is 6.92 Å². The molecule has 0 fully saturated rings. The van der Waals surface area contributed by atoms with Crippen molar-refractivity contribution in [3.8, 4) is 0 Å². The molecule has 1 aliphatic rings. The summed E-state index contributed by atoms with van der Waals surface area (Å²) in [5, 5.41) is 16.3. The lowest BCUT2D eigenvalue weighted by atomic mass is 10.1. The summed E-state index contributed by atoms with van der Waals surface area (Å²) in [5.41, 5.74) is 3.50. The summed E-state index contributed by atoms with van der Waals surface area (Å²) in [6.07, 6.45) is 0.774. The zero-order chi connectivity index (χ0) is 14.9. The van der Waals surface area contributed by atoms with E-state index in [1.54, 1.807) is 23.1 Å². The molecule has 0 atom stereocenters. The number of rotatable bonds is 3. The Morgan fingerprint density at radius 3 is 2.77 bits per heavy atom. The number of fused-ring (bicyclic) bond motifs is 1. The van der Waals surface area contributed by atoms with Crippen molar-refractivity contribution in [2.24, 2.45) is 5.10 Å². The minimum Gasteiger partial charge on any atom is -0.191 e. The van der Waals surface area contributed by atoms with Crippen LogP contribution < -0.4 is 0 Å². The van der Waals surface area contributed by atoms with Crippen LogP contribution in [0.25, 0.3) is 0 Å². The van der Waals surface area contributed by atoms with Crippen LogP contribution in [-0.2, 0) is 6.42 Å². The van der Waals surface area contributed by atoms with E-state index in [4.69, 9.17) is 5.10 Å². The molecule has 0 unspecified atom stereocenters. The first-order valence-corrected chi connectivity index (χ1v) is 8.90. The van der Waals surface area contributed by atoms with Gasteiger partial charge in [-0.05, 0) is 23.9 Å². The normalized spacial score (nSPS) is 13.8. The summed E-state index contributed by atoms with van der Waals surface area (Å²) in [6, 6.07) is 12.7. The standard InChI is InChI=1S/C16H14N4S2/c1-11-4-6-12(7-5-11)14-10-22-16-18-17-15(20(16)19-14)9-13-3-2-8-21-13/h2-8H,9-10H2,1H3.